The fourth-order valence-corrected chi connectivity index (χ4v) is 2.96. The van der Waals surface area contributed by atoms with Crippen LogP contribution in [0.5, 0.6) is 5.75 Å². The molecule has 1 aromatic heterocycles. The Morgan fingerprint density at radius 3 is 2.32 bits per heavy atom. The molecular formula is C24H36N4O3. The van der Waals surface area contributed by atoms with Crippen molar-refractivity contribution < 1.29 is 14.3 Å². The van der Waals surface area contributed by atoms with Crippen molar-refractivity contribution in [1.29, 1.82) is 0 Å². The minimum Gasteiger partial charge on any atom is -0.497 e. The van der Waals surface area contributed by atoms with Gasteiger partial charge in [0.25, 0.3) is 0 Å². The maximum absolute atomic E-state index is 12.5. The van der Waals surface area contributed by atoms with Gasteiger partial charge in [-0.15, -0.1) is 0 Å². The molecule has 0 atom stereocenters. The van der Waals surface area contributed by atoms with Crippen LogP contribution in [0.3, 0.4) is 0 Å². The lowest BCUT2D eigenvalue weighted by molar-refractivity contribution is -0.121. The summed E-state index contributed by atoms with van der Waals surface area (Å²) in [5, 5.41) is 10.6. The van der Waals surface area contributed by atoms with Crippen LogP contribution in [0.2, 0.25) is 0 Å². The highest BCUT2D eigenvalue weighted by molar-refractivity contribution is 5.90. The molecule has 0 bridgehead atoms. The van der Waals surface area contributed by atoms with Gasteiger partial charge in [0.05, 0.1) is 18.5 Å². The highest BCUT2D eigenvalue weighted by atomic mass is 16.5. The number of carbonyl (C=O) groups excluding carboxylic acids is 2. The van der Waals surface area contributed by atoms with Gasteiger partial charge in [0.2, 0.25) is 11.8 Å². The van der Waals surface area contributed by atoms with Crippen molar-refractivity contribution >= 4 is 17.6 Å². The first-order valence-electron chi connectivity index (χ1n) is 10.9. The summed E-state index contributed by atoms with van der Waals surface area (Å²) in [4.78, 5) is 24.4. The molecule has 31 heavy (non-hydrogen) atoms. The Hall–Kier alpha value is -2.83. The molecule has 7 heteroatoms. The summed E-state index contributed by atoms with van der Waals surface area (Å²) >= 11 is 0. The molecule has 0 aliphatic carbocycles. The van der Waals surface area contributed by atoms with E-state index in [1.165, 1.54) is 0 Å². The van der Waals surface area contributed by atoms with E-state index in [2.05, 4.69) is 45.3 Å². The van der Waals surface area contributed by atoms with Crippen LogP contribution in [-0.4, -0.2) is 35.2 Å². The van der Waals surface area contributed by atoms with E-state index in [1.807, 2.05) is 30.3 Å². The van der Waals surface area contributed by atoms with Crippen LogP contribution in [0, 0.1) is 5.92 Å². The molecule has 0 unspecified atom stereocenters. The van der Waals surface area contributed by atoms with E-state index in [-0.39, 0.29) is 23.7 Å². The summed E-state index contributed by atoms with van der Waals surface area (Å²) in [5.41, 5.74) is 1.55. The molecule has 0 aliphatic rings. The van der Waals surface area contributed by atoms with Gasteiger partial charge in [-0.2, -0.15) is 5.10 Å². The van der Waals surface area contributed by atoms with Gasteiger partial charge in [-0.3, -0.25) is 9.59 Å². The SMILES string of the molecule is COc1ccc(-n2nc(C(C)(C)C)cc2NC(=O)CCCC(=O)NCCC(C)C)cc1. The van der Waals surface area contributed by atoms with Crippen LogP contribution in [0.4, 0.5) is 5.82 Å². The lowest BCUT2D eigenvalue weighted by atomic mass is 9.92. The van der Waals surface area contributed by atoms with Crippen LogP contribution in [0.15, 0.2) is 30.3 Å². The van der Waals surface area contributed by atoms with Gasteiger partial charge in [-0.05, 0) is 43.0 Å². The monoisotopic (exact) mass is 428 g/mol. The number of hydrogen-bond donors (Lipinski definition) is 2. The number of hydrogen-bond acceptors (Lipinski definition) is 4. The van der Waals surface area contributed by atoms with E-state index in [4.69, 9.17) is 9.84 Å². The van der Waals surface area contributed by atoms with E-state index >= 15 is 0 Å². The zero-order valence-electron chi connectivity index (χ0n) is 19.6. The van der Waals surface area contributed by atoms with E-state index in [9.17, 15) is 9.59 Å². The largest absolute Gasteiger partial charge is 0.497 e. The number of anilines is 1. The van der Waals surface area contributed by atoms with Crippen molar-refractivity contribution in [2.24, 2.45) is 5.92 Å². The van der Waals surface area contributed by atoms with Gasteiger partial charge in [-0.1, -0.05) is 34.6 Å². The maximum Gasteiger partial charge on any atom is 0.225 e. The number of benzene rings is 1. The number of aromatic nitrogens is 2. The molecule has 0 spiro atoms. The first-order chi connectivity index (χ1) is 14.6. The zero-order chi connectivity index (χ0) is 23.0. The second-order valence-corrected chi connectivity index (χ2v) is 9.21. The summed E-state index contributed by atoms with van der Waals surface area (Å²) in [7, 11) is 1.62. The Morgan fingerprint density at radius 1 is 1.10 bits per heavy atom. The lowest BCUT2D eigenvalue weighted by Crippen LogP contribution is -2.25. The van der Waals surface area contributed by atoms with E-state index in [1.54, 1.807) is 11.8 Å². The molecule has 2 N–H and O–H groups in total. The molecule has 0 radical (unpaired) electrons. The third kappa shape index (κ3) is 7.74. The molecular weight excluding hydrogens is 392 g/mol. The predicted octanol–water partition coefficient (Wildman–Crippen LogP) is 4.45. The quantitative estimate of drug-likeness (QED) is 0.585. The predicted molar refractivity (Wildman–Crippen MR) is 124 cm³/mol. The summed E-state index contributed by atoms with van der Waals surface area (Å²) in [5.74, 6) is 1.78. The molecule has 0 saturated heterocycles. The Bertz CT molecular complexity index is 864. The second-order valence-electron chi connectivity index (χ2n) is 9.21. The van der Waals surface area contributed by atoms with E-state index in [0.29, 0.717) is 31.1 Å². The van der Waals surface area contributed by atoms with Crippen LogP contribution in [-0.2, 0) is 15.0 Å². The maximum atomic E-state index is 12.5. The lowest BCUT2D eigenvalue weighted by Gasteiger charge is -2.14. The second kappa shape index (κ2) is 11.0. The molecule has 2 aromatic rings. The van der Waals surface area contributed by atoms with Crippen LogP contribution in [0.1, 0.15) is 66.0 Å². The molecule has 170 valence electrons. The smallest absolute Gasteiger partial charge is 0.225 e. The molecule has 2 amide bonds. The molecule has 7 nitrogen and oxygen atoms in total. The number of rotatable bonds is 10. The van der Waals surface area contributed by atoms with Crippen molar-refractivity contribution in [3.63, 3.8) is 0 Å². The molecule has 0 saturated carbocycles. The van der Waals surface area contributed by atoms with Gasteiger partial charge in [0.15, 0.2) is 0 Å². The standard InChI is InChI=1S/C24H36N4O3/c1-17(2)14-15-25-22(29)8-7-9-23(30)26-21-16-20(24(3,4)5)27-28(21)18-10-12-19(31-6)13-11-18/h10-13,16-17H,7-9,14-15H2,1-6H3,(H,25,29)(H,26,30). The average Bonchev–Trinajstić information content (AvgIpc) is 3.12. The highest BCUT2D eigenvalue weighted by Crippen LogP contribution is 2.27. The topological polar surface area (TPSA) is 85.2 Å². The summed E-state index contributed by atoms with van der Waals surface area (Å²) in [6.45, 7) is 11.2. The number of methoxy groups -OCH3 is 1. The number of nitrogens with zero attached hydrogens (tertiary/aromatic N) is 2. The number of nitrogens with one attached hydrogen (secondary N) is 2. The third-order valence-corrected chi connectivity index (χ3v) is 4.91. The van der Waals surface area contributed by atoms with Crippen molar-refractivity contribution in [2.75, 3.05) is 19.0 Å². The van der Waals surface area contributed by atoms with E-state index < -0.39 is 0 Å². The molecule has 1 heterocycles. The first kappa shape index (κ1) is 24.4. The van der Waals surface area contributed by atoms with Crippen LogP contribution in [0.25, 0.3) is 5.69 Å². The Morgan fingerprint density at radius 2 is 1.74 bits per heavy atom. The summed E-state index contributed by atoms with van der Waals surface area (Å²) in [6.07, 6.45) is 2.08. The van der Waals surface area contributed by atoms with Crippen molar-refractivity contribution in [3.8, 4) is 11.4 Å². The minimum atomic E-state index is -0.161. The van der Waals surface area contributed by atoms with Crippen molar-refractivity contribution in [3.05, 3.63) is 36.0 Å². The molecule has 0 aliphatic heterocycles. The van der Waals surface area contributed by atoms with Gasteiger partial charge < -0.3 is 15.4 Å². The average molecular weight is 429 g/mol. The van der Waals surface area contributed by atoms with Gasteiger partial charge in [-0.25, -0.2) is 4.68 Å². The Kier molecular flexibility index (Phi) is 8.65. The molecule has 2 rings (SSSR count). The van der Waals surface area contributed by atoms with Gasteiger partial charge in [0, 0.05) is 30.9 Å². The number of amides is 2. The van der Waals surface area contributed by atoms with Gasteiger partial charge >= 0.3 is 0 Å². The normalized spacial score (nSPS) is 11.5. The Balaban J connectivity index is 2.01. The third-order valence-electron chi connectivity index (χ3n) is 4.91. The number of carbonyl (C=O) groups is 2. The van der Waals surface area contributed by atoms with Crippen molar-refractivity contribution in [1.82, 2.24) is 15.1 Å². The zero-order valence-corrected chi connectivity index (χ0v) is 19.6. The molecule has 1 aromatic carbocycles. The van der Waals surface area contributed by atoms with E-state index in [0.717, 1.165) is 23.6 Å². The highest BCUT2D eigenvalue weighted by Gasteiger charge is 2.21. The summed E-state index contributed by atoms with van der Waals surface area (Å²) in [6, 6.07) is 9.42. The number of ether oxygens (including phenoxy) is 1. The van der Waals surface area contributed by atoms with Crippen LogP contribution >= 0.6 is 0 Å². The van der Waals surface area contributed by atoms with Gasteiger partial charge in [0.1, 0.15) is 11.6 Å². The fourth-order valence-electron chi connectivity index (χ4n) is 2.96. The molecule has 0 fully saturated rings. The Labute approximate surface area is 185 Å². The fraction of sp³-hybridized carbons (Fsp3) is 0.542. The minimum absolute atomic E-state index is 0.00764. The van der Waals surface area contributed by atoms with Crippen LogP contribution < -0.4 is 15.4 Å². The van der Waals surface area contributed by atoms with Crippen molar-refractivity contribution in [2.45, 2.75) is 65.7 Å². The first-order valence-corrected chi connectivity index (χ1v) is 10.9. The summed E-state index contributed by atoms with van der Waals surface area (Å²) < 4.78 is 6.96.